The Bertz CT molecular complexity index is 528. The largest absolute Gasteiger partial charge is 0.306 e. The molecule has 106 valence electrons. The van der Waals surface area contributed by atoms with Gasteiger partial charge in [0.15, 0.2) is 0 Å². The summed E-state index contributed by atoms with van der Waals surface area (Å²) in [5.74, 6) is 0.788. The van der Waals surface area contributed by atoms with E-state index in [0.29, 0.717) is 6.04 Å². The van der Waals surface area contributed by atoms with Crippen molar-refractivity contribution in [3.05, 3.63) is 57.8 Å². The van der Waals surface area contributed by atoms with Crippen molar-refractivity contribution in [3.63, 3.8) is 0 Å². The van der Waals surface area contributed by atoms with Crippen molar-refractivity contribution >= 4 is 11.3 Å². The zero-order chi connectivity index (χ0) is 13.8. The summed E-state index contributed by atoms with van der Waals surface area (Å²) in [6.45, 7) is 3.30. The summed E-state index contributed by atoms with van der Waals surface area (Å²) < 4.78 is 0. The van der Waals surface area contributed by atoms with Crippen LogP contribution in [0.25, 0.3) is 0 Å². The van der Waals surface area contributed by atoms with Crippen LogP contribution >= 0.6 is 11.3 Å². The van der Waals surface area contributed by atoms with Gasteiger partial charge >= 0.3 is 0 Å². The van der Waals surface area contributed by atoms with Crippen LogP contribution in [0.2, 0.25) is 0 Å². The fraction of sp³-hybridized carbons (Fsp3) is 0.444. The summed E-state index contributed by atoms with van der Waals surface area (Å²) >= 11 is 1.79. The first kappa shape index (κ1) is 13.8. The highest BCUT2D eigenvalue weighted by Crippen LogP contribution is 2.40. The predicted molar refractivity (Wildman–Crippen MR) is 87.5 cm³/mol. The van der Waals surface area contributed by atoms with E-state index in [9.17, 15) is 0 Å². The first-order chi connectivity index (χ1) is 9.90. The van der Waals surface area contributed by atoms with E-state index in [0.717, 1.165) is 12.5 Å². The van der Waals surface area contributed by atoms with Gasteiger partial charge in [-0.2, -0.15) is 11.3 Å². The molecule has 1 aliphatic carbocycles. The molecular weight excluding hydrogens is 262 g/mol. The van der Waals surface area contributed by atoms with Crippen molar-refractivity contribution < 1.29 is 0 Å². The topological polar surface area (TPSA) is 12.0 Å². The number of hydrogen-bond acceptors (Lipinski definition) is 2. The molecule has 1 heterocycles. The highest BCUT2D eigenvalue weighted by Gasteiger charge is 2.25. The van der Waals surface area contributed by atoms with Crippen molar-refractivity contribution in [2.24, 2.45) is 0 Å². The third kappa shape index (κ3) is 2.82. The fourth-order valence-electron chi connectivity index (χ4n) is 3.00. The van der Waals surface area contributed by atoms with Crippen LogP contribution < -0.4 is 5.32 Å². The van der Waals surface area contributed by atoms with Gasteiger partial charge in [-0.15, -0.1) is 0 Å². The van der Waals surface area contributed by atoms with E-state index in [-0.39, 0.29) is 0 Å². The molecule has 0 saturated heterocycles. The normalized spacial score (nSPS) is 16.9. The van der Waals surface area contributed by atoms with Gasteiger partial charge in [0, 0.05) is 0 Å². The van der Waals surface area contributed by atoms with E-state index in [4.69, 9.17) is 0 Å². The first-order valence-electron chi connectivity index (χ1n) is 7.74. The molecule has 1 N–H and O–H groups in total. The highest BCUT2D eigenvalue weighted by atomic mass is 32.1. The second-order valence-electron chi connectivity index (χ2n) is 5.70. The molecule has 1 aromatic heterocycles. The molecule has 0 spiro atoms. The molecule has 0 bridgehead atoms. The zero-order valence-electron chi connectivity index (χ0n) is 12.1. The van der Waals surface area contributed by atoms with Gasteiger partial charge in [0.05, 0.1) is 6.04 Å². The standard InChI is InChI=1S/C18H23NS/c1-2-11-19-18(15-10-12-20-13-15)17-9-4-3-8-16(17)14-6-5-7-14/h3-4,8-10,12-14,18-19H,2,5-7,11H2,1H3. The van der Waals surface area contributed by atoms with Crippen LogP contribution in [0.4, 0.5) is 0 Å². The van der Waals surface area contributed by atoms with Gasteiger partial charge in [0.2, 0.25) is 0 Å². The molecule has 1 atom stereocenters. The van der Waals surface area contributed by atoms with E-state index in [1.54, 1.807) is 16.9 Å². The van der Waals surface area contributed by atoms with Crippen LogP contribution in [0.1, 0.15) is 61.3 Å². The molecule has 1 aromatic carbocycles. The minimum absolute atomic E-state index is 0.359. The van der Waals surface area contributed by atoms with E-state index < -0.39 is 0 Å². The Morgan fingerprint density at radius 2 is 2.10 bits per heavy atom. The van der Waals surface area contributed by atoms with Gasteiger partial charge in [0.25, 0.3) is 0 Å². The number of nitrogens with one attached hydrogen (secondary N) is 1. The van der Waals surface area contributed by atoms with E-state index in [2.05, 4.69) is 53.3 Å². The maximum absolute atomic E-state index is 3.74. The molecule has 2 heteroatoms. The van der Waals surface area contributed by atoms with Gasteiger partial charge in [-0.05, 0) is 65.2 Å². The lowest BCUT2D eigenvalue weighted by molar-refractivity contribution is 0.414. The summed E-state index contributed by atoms with van der Waals surface area (Å²) in [5, 5.41) is 8.20. The number of benzene rings is 1. The molecule has 0 aliphatic heterocycles. The maximum Gasteiger partial charge on any atom is 0.0587 e. The lowest BCUT2D eigenvalue weighted by atomic mass is 9.76. The summed E-state index contributed by atoms with van der Waals surface area (Å²) in [6, 6.07) is 11.7. The molecule has 1 fully saturated rings. The van der Waals surface area contributed by atoms with Crippen molar-refractivity contribution in [3.8, 4) is 0 Å². The fourth-order valence-corrected chi connectivity index (χ4v) is 3.69. The molecule has 1 nitrogen and oxygen atoms in total. The van der Waals surface area contributed by atoms with E-state index in [1.165, 1.54) is 36.8 Å². The Labute approximate surface area is 126 Å². The molecule has 3 rings (SSSR count). The number of rotatable bonds is 6. The molecule has 2 aromatic rings. The third-order valence-corrected chi connectivity index (χ3v) is 5.03. The van der Waals surface area contributed by atoms with Gasteiger partial charge < -0.3 is 5.32 Å². The minimum Gasteiger partial charge on any atom is -0.306 e. The lowest BCUT2D eigenvalue weighted by Crippen LogP contribution is -2.25. The Balaban J connectivity index is 1.94. The van der Waals surface area contributed by atoms with E-state index in [1.807, 2.05) is 0 Å². The Morgan fingerprint density at radius 1 is 1.25 bits per heavy atom. The van der Waals surface area contributed by atoms with Crippen LogP contribution in [0, 0.1) is 0 Å². The Kier molecular flexibility index (Phi) is 4.54. The van der Waals surface area contributed by atoms with Crippen molar-refractivity contribution in [1.82, 2.24) is 5.32 Å². The average molecular weight is 285 g/mol. The maximum atomic E-state index is 3.74. The summed E-state index contributed by atoms with van der Waals surface area (Å²) in [5.41, 5.74) is 4.47. The van der Waals surface area contributed by atoms with Gasteiger partial charge in [-0.25, -0.2) is 0 Å². The molecule has 1 aliphatic rings. The number of hydrogen-bond donors (Lipinski definition) is 1. The minimum atomic E-state index is 0.359. The Hall–Kier alpha value is -1.12. The molecule has 0 amide bonds. The number of thiophene rings is 1. The smallest absolute Gasteiger partial charge is 0.0587 e. The lowest BCUT2D eigenvalue weighted by Gasteiger charge is -2.30. The zero-order valence-corrected chi connectivity index (χ0v) is 13.0. The van der Waals surface area contributed by atoms with Gasteiger partial charge in [-0.1, -0.05) is 37.6 Å². The van der Waals surface area contributed by atoms with Crippen molar-refractivity contribution in [1.29, 1.82) is 0 Å². The SMILES string of the molecule is CCCNC(c1ccsc1)c1ccccc1C1CCC1. The molecule has 1 unspecified atom stereocenters. The second-order valence-corrected chi connectivity index (χ2v) is 6.48. The van der Waals surface area contributed by atoms with E-state index >= 15 is 0 Å². The predicted octanol–water partition coefficient (Wildman–Crippen LogP) is 5.10. The van der Waals surface area contributed by atoms with Gasteiger partial charge in [-0.3, -0.25) is 0 Å². The van der Waals surface area contributed by atoms with Crippen LogP contribution in [0.15, 0.2) is 41.1 Å². The van der Waals surface area contributed by atoms with Crippen LogP contribution in [0.3, 0.4) is 0 Å². The first-order valence-corrected chi connectivity index (χ1v) is 8.68. The second kappa shape index (κ2) is 6.55. The van der Waals surface area contributed by atoms with Crippen LogP contribution in [-0.4, -0.2) is 6.54 Å². The summed E-state index contributed by atoms with van der Waals surface area (Å²) in [4.78, 5) is 0. The summed E-state index contributed by atoms with van der Waals surface area (Å²) in [6.07, 6.45) is 5.29. The quantitative estimate of drug-likeness (QED) is 0.778. The molecule has 1 saturated carbocycles. The molecular formula is C18H23NS. The van der Waals surface area contributed by atoms with Crippen LogP contribution in [-0.2, 0) is 0 Å². The molecule has 20 heavy (non-hydrogen) atoms. The molecule has 0 radical (unpaired) electrons. The Morgan fingerprint density at radius 3 is 2.75 bits per heavy atom. The van der Waals surface area contributed by atoms with Crippen molar-refractivity contribution in [2.75, 3.05) is 6.54 Å². The van der Waals surface area contributed by atoms with Gasteiger partial charge in [0.1, 0.15) is 0 Å². The van der Waals surface area contributed by atoms with Crippen molar-refractivity contribution in [2.45, 2.75) is 44.6 Å². The third-order valence-electron chi connectivity index (χ3n) is 4.33. The monoisotopic (exact) mass is 285 g/mol. The summed E-state index contributed by atoms with van der Waals surface area (Å²) in [7, 11) is 0. The van der Waals surface area contributed by atoms with Crippen LogP contribution in [0.5, 0.6) is 0 Å². The highest BCUT2D eigenvalue weighted by molar-refractivity contribution is 7.08. The average Bonchev–Trinajstić information content (AvgIpc) is 2.93.